The molecule has 0 spiro atoms. The highest BCUT2D eigenvalue weighted by molar-refractivity contribution is 5.08. The van der Waals surface area contributed by atoms with E-state index in [0.717, 1.165) is 25.7 Å². The van der Waals surface area contributed by atoms with Crippen molar-refractivity contribution in [2.24, 2.45) is 5.73 Å². The smallest absolute Gasteiger partial charge is 0.0935 e. The summed E-state index contributed by atoms with van der Waals surface area (Å²) in [5.74, 6) is 0. The van der Waals surface area contributed by atoms with E-state index in [2.05, 4.69) is 0 Å². The van der Waals surface area contributed by atoms with Crippen molar-refractivity contribution in [1.82, 2.24) is 0 Å². The molecule has 3 heteroatoms. The Morgan fingerprint density at radius 1 is 1.60 bits per heavy atom. The van der Waals surface area contributed by atoms with Gasteiger partial charge in [0, 0.05) is 13.2 Å². The first-order chi connectivity index (χ1) is 7.24. The van der Waals surface area contributed by atoms with Gasteiger partial charge in [-0.15, -0.1) is 0 Å². The minimum Gasteiger partial charge on any atom is -0.472 e. The molecule has 1 aliphatic rings. The standard InChI is InChI=1S/C12H19NO2/c1-14-12(4-2-5-12)8-11(13)7-10-3-6-15-9-10/h3,6,9,11H,2,4-5,7-8,13H2,1H3. The molecule has 0 aliphatic heterocycles. The van der Waals surface area contributed by atoms with Crippen LogP contribution in [-0.2, 0) is 11.2 Å². The van der Waals surface area contributed by atoms with E-state index in [0.29, 0.717) is 0 Å². The van der Waals surface area contributed by atoms with E-state index in [-0.39, 0.29) is 11.6 Å². The van der Waals surface area contributed by atoms with Crippen LogP contribution in [0.15, 0.2) is 23.0 Å². The maximum Gasteiger partial charge on any atom is 0.0935 e. The number of nitrogens with two attached hydrogens (primary N) is 1. The highest BCUT2D eigenvalue weighted by atomic mass is 16.5. The van der Waals surface area contributed by atoms with E-state index < -0.39 is 0 Å². The van der Waals surface area contributed by atoms with Crippen molar-refractivity contribution in [3.05, 3.63) is 24.2 Å². The van der Waals surface area contributed by atoms with Gasteiger partial charge in [-0.05, 0) is 43.7 Å². The largest absolute Gasteiger partial charge is 0.472 e. The molecule has 1 aromatic heterocycles. The molecular formula is C12H19NO2. The van der Waals surface area contributed by atoms with Crippen molar-refractivity contribution in [3.63, 3.8) is 0 Å². The molecule has 3 nitrogen and oxygen atoms in total. The second kappa shape index (κ2) is 4.37. The van der Waals surface area contributed by atoms with Crippen molar-refractivity contribution in [3.8, 4) is 0 Å². The number of hydrogen-bond acceptors (Lipinski definition) is 3. The summed E-state index contributed by atoms with van der Waals surface area (Å²) in [7, 11) is 1.80. The minimum atomic E-state index is 0.0726. The normalized spacial score (nSPS) is 20.9. The number of ether oxygens (including phenoxy) is 1. The molecule has 1 heterocycles. The first kappa shape index (κ1) is 10.7. The molecule has 1 atom stereocenters. The molecule has 1 aliphatic carbocycles. The summed E-state index contributed by atoms with van der Waals surface area (Å²) in [6.45, 7) is 0. The third-order valence-electron chi connectivity index (χ3n) is 3.41. The fourth-order valence-electron chi connectivity index (χ4n) is 2.32. The van der Waals surface area contributed by atoms with Crippen molar-refractivity contribution in [1.29, 1.82) is 0 Å². The molecule has 1 saturated carbocycles. The van der Waals surface area contributed by atoms with Gasteiger partial charge in [-0.25, -0.2) is 0 Å². The summed E-state index contributed by atoms with van der Waals surface area (Å²) in [5.41, 5.74) is 7.36. The topological polar surface area (TPSA) is 48.4 Å². The molecule has 15 heavy (non-hydrogen) atoms. The molecule has 0 bridgehead atoms. The van der Waals surface area contributed by atoms with Crippen LogP contribution < -0.4 is 5.73 Å². The molecule has 0 saturated heterocycles. The van der Waals surface area contributed by atoms with Gasteiger partial charge in [0.05, 0.1) is 18.1 Å². The Kier molecular flexibility index (Phi) is 3.12. The maximum atomic E-state index is 6.11. The van der Waals surface area contributed by atoms with Crippen LogP contribution in [-0.4, -0.2) is 18.8 Å². The van der Waals surface area contributed by atoms with Crippen LogP contribution in [0.5, 0.6) is 0 Å². The lowest BCUT2D eigenvalue weighted by molar-refractivity contribution is -0.0813. The van der Waals surface area contributed by atoms with Crippen LogP contribution in [0.3, 0.4) is 0 Å². The molecule has 1 unspecified atom stereocenters. The second-order valence-corrected chi connectivity index (χ2v) is 4.54. The quantitative estimate of drug-likeness (QED) is 0.808. The molecule has 1 fully saturated rings. The lowest BCUT2D eigenvalue weighted by Gasteiger charge is -2.42. The summed E-state index contributed by atoms with van der Waals surface area (Å²) >= 11 is 0. The predicted molar refractivity (Wildman–Crippen MR) is 58.6 cm³/mol. The molecular weight excluding hydrogens is 190 g/mol. The van der Waals surface area contributed by atoms with Gasteiger partial charge in [0.25, 0.3) is 0 Å². The van der Waals surface area contributed by atoms with Gasteiger partial charge in [0.2, 0.25) is 0 Å². The molecule has 1 aromatic rings. The predicted octanol–water partition coefficient (Wildman–Crippen LogP) is 2.11. The lowest BCUT2D eigenvalue weighted by atomic mass is 9.75. The molecule has 2 N–H and O–H groups in total. The molecule has 0 radical (unpaired) electrons. The SMILES string of the molecule is COC1(CC(N)Cc2ccoc2)CCC1. The van der Waals surface area contributed by atoms with E-state index in [4.69, 9.17) is 14.9 Å². The average Bonchev–Trinajstić information content (AvgIpc) is 2.64. The molecule has 0 aromatic carbocycles. The number of methoxy groups -OCH3 is 1. The maximum absolute atomic E-state index is 6.11. The summed E-state index contributed by atoms with van der Waals surface area (Å²) in [6.07, 6.45) is 8.87. The van der Waals surface area contributed by atoms with Crippen LogP contribution in [0.2, 0.25) is 0 Å². The average molecular weight is 209 g/mol. The molecule has 84 valence electrons. The zero-order valence-corrected chi connectivity index (χ0v) is 9.24. The number of hydrogen-bond donors (Lipinski definition) is 1. The zero-order valence-electron chi connectivity index (χ0n) is 9.24. The van der Waals surface area contributed by atoms with Crippen LogP contribution in [0, 0.1) is 0 Å². The van der Waals surface area contributed by atoms with E-state index in [1.54, 1.807) is 19.6 Å². The number of rotatable bonds is 5. The van der Waals surface area contributed by atoms with Crippen LogP contribution in [0.1, 0.15) is 31.2 Å². The Morgan fingerprint density at radius 3 is 2.87 bits per heavy atom. The Bertz CT molecular complexity index is 285. The summed E-state index contributed by atoms with van der Waals surface area (Å²) < 4.78 is 10.6. The zero-order chi connectivity index (χ0) is 10.7. The third kappa shape index (κ3) is 2.41. The first-order valence-corrected chi connectivity index (χ1v) is 5.56. The number of furan rings is 1. The fraction of sp³-hybridized carbons (Fsp3) is 0.667. The van der Waals surface area contributed by atoms with Crippen LogP contribution in [0.4, 0.5) is 0 Å². The second-order valence-electron chi connectivity index (χ2n) is 4.54. The van der Waals surface area contributed by atoms with Crippen LogP contribution >= 0.6 is 0 Å². The lowest BCUT2D eigenvalue weighted by Crippen LogP contribution is -2.44. The van der Waals surface area contributed by atoms with Gasteiger partial charge in [-0.2, -0.15) is 0 Å². The van der Waals surface area contributed by atoms with Crippen molar-refractivity contribution in [2.75, 3.05) is 7.11 Å². The molecule has 2 rings (SSSR count). The van der Waals surface area contributed by atoms with E-state index in [1.807, 2.05) is 6.07 Å². The Balaban J connectivity index is 1.84. The van der Waals surface area contributed by atoms with Crippen LogP contribution in [0.25, 0.3) is 0 Å². The Labute approximate surface area is 90.6 Å². The highest BCUT2D eigenvalue weighted by Gasteiger charge is 2.38. The van der Waals surface area contributed by atoms with Gasteiger partial charge < -0.3 is 14.9 Å². The van der Waals surface area contributed by atoms with Gasteiger partial charge in [-0.3, -0.25) is 0 Å². The summed E-state index contributed by atoms with van der Waals surface area (Å²) in [6, 6.07) is 2.14. The van der Waals surface area contributed by atoms with E-state index in [1.165, 1.54) is 12.0 Å². The van der Waals surface area contributed by atoms with Gasteiger partial charge in [-0.1, -0.05) is 0 Å². The first-order valence-electron chi connectivity index (χ1n) is 5.56. The third-order valence-corrected chi connectivity index (χ3v) is 3.41. The Hall–Kier alpha value is -0.800. The Morgan fingerprint density at radius 2 is 2.40 bits per heavy atom. The van der Waals surface area contributed by atoms with Crippen molar-refractivity contribution < 1.29 is 9.15 Å². The van der Waals surface area contributed by atoms with Gasteiger partial charge in [0.15, 0.2) is 0 Å². The van der Waals surface area contributed by atoms with Crippen molar-refractivity contribution in [2.45, 2.75) is 43.7 Å². The van der Waals surface area contributed by atoms with Crippen molar-refractivity contribution >= 4 is 0 Å². The summed E-state index contributed by atoms with van der Waals surface area (Å²) in [5, 5.41) is 0. The summed E-state index contributed by atoms with van der Waals surface area (Å²) in [4.78, 5) is 0. The monoisotopic (exact) mass is 209 g/mol. The van der Waals surface area contributed by atoms with E-state index in [9.17, 15) is 0 Å². The molecule has 0 amide bonds. The van der Waals surface area contributed by atoms with Gasteiger partial charge in [0.1, 0.15) is 0 Å². The fourth-order valence-corrected chi connectivity index (χ4v) is 2.32. The minimum absolute atomic E-state index is 0.0726. The van der Waals surface area contributed by atoms with Gasteiger partial charge >= 0.3 is 0 Å². The van der Waals surface area contributed by atoms with E-state index >= 15 is 0 Å². The highest BCUT2D eigenvalue weighted by Crippen LogP contribution is 2.38.